The molecule has 0 aliphatic carbocycles. The van der Waals surface area contributed by atoms with E-state index in [4.69, 9.17) is 4.98 Å². The van der Waals surface area contributed by atoms with Crippen LogP contribution in [0.2, 0.25) is 0 Å². The minimum atomic E-state index is -1.55. The molecule has 0 saturated heterocycles. The van der Waals surface area contributed by atoms with Crippen molar-refractivity contribution < 1.29 is 13.2 Å². The van der Waals surface area contributed by atoms with Gasteiger partial charge in [0.1, 0.15) is 34.3 Å². The van der Waals surface area contributed by atoms with Crippen molar-refractivity contribution in [2.24, 2.45) is 0 Å². The molecule has 0 bridgehead atoms. The van der Waals surface area contributed by atoms with Gasteiger partial charge in [-0.3, -0.25) is 0 Å². The quantitative estimate of drug-likeness (QED) is 0.182. The van der Waals surface area contributed by atoms with Crippen molar-refractivity contribution in [1.82, 2.24) is 13.7 Å². The van der Waals surface area contributed by atoms with Crippen LogP contribution in [-0.2, 0) is 0 Å². The summed E-state index contributed by atoms with van der Waals surface area (Å²) in [5.74, 6) is -4.35. The Morgan fingerprint density at radius 3 is 1.83 bits per heavy atom. The molecule has 7 aromatic rings. The Morgan fingerprint density at radius 1 is 0.587 bits per heavy atom. The highest BCUT2D eigenvalue weighted by atomic mass is 32.1. The number of nitriles is 4. The zero-order chi connectivity index (χ0) is 32.1. The number of rotatable bonds is 3. The molecule has 214 valence electrons. The Kier molecular flexibility index (Phi) is 6.61. The molecule has 0 aliphatic rings. The molecule has 0 atom stereocenters. The van der Waals surface area contributed by atoms with Crippen LogP contribution in [0.1, 0.15) is 22.3 Å². The first-order chi connectivity index (χ1) is 22.4. The minimum absolute atomic E-state index is 0.00844. The summed E-state index contributed by atoms with van der Waals surface area (Å²) in [4.78, 5) is 4.93. The van der Waals surface area contributed by atoms with E-state index in [1.165, 1.54) is 30.3 Å². The van der Waals surface area contributed by atoms with Crippen LogP contribution in [0.3, 0.4) is 0 Å². The number of benzene rings is 5. The van der Waals surface area contributed by atoms with Gasteiger partial charge in [0, 0.05) is 27.3 Å². The summed E-state index contributed by atoms with van der Waals surface area (Å²) in [5.41, 5.74) is 1.90. The Balaban J connectivity index is 1.50. The van der Waals surface area contributed by atoms with Gasteiger partial charge >= 0.3 is 0 Å². The highest BCUT2D eigenvalue weighted by Crippen LogP contribution is 2.42. The predicted molar refractivity (Wildman–Crippen MR) is 165 cm³/mol. The SMILES string of the molecule is N#Cc1cc(C#N)cc(-c2nc3ccccc3c3c2cc(-c2ccc(-c4c(F)c(C#N)c(F)c(C#N)c4F)cc2)c2nsnc23)c1. The van der Waals surface area contributed by atoms with Gasteiger partial charge in [0.05, 0.1) is 51.8 Å². The lowest BCUT2D eigenvalue weighted by atomic mass is 9.92. The summed E-state index contributed by atoms with van der Waals surface area (Å²) < 4.78 is 53.8. The maximum absolute atomic E-state index is 15.1. The van der Waals surface area contributed by atoms with Crippen LogP contribution in [-0.4, -0.2) is 13.7 Å². The lowest BCUT2D eigenvalue weighted by molar-refractivity contribution is 0.539. The summed E-state index contributed by atoms with van der Waals surface area (Å²) in [6, 6.07) is 27.1. The zero-order valence-corrected chi connectivity index (χ0v) is 23.9. The Hall–Kier alpha value is -6.66. The third-order valence-electron chi connectivity index (χ3n) is 7.69. The van der Waals surface area contributed by atoms with Crippen molar-refractivity contribution in [1.29, 1.82) is 21.0 Å². The molecule has 0 amide bonds. The summed E-state index contributed by atoms with van der Waals surface area (Å²) >= 11 is 1.01. The van der Waals surface area contributed by atoms with Crippen LogP contribution in [0.4, 0.5) is 13.2 Å². The van der Waals surface area contributed by atoms with E-state index in [9.17, 15) is 25.4 Å². The van der Waals surface area contributed by atoms with Gasteiger partial charge in [0.15, 0.2) is 17.5 Å². The standard InChI is InChI=1S/C35H12F3N7S/c36-30-25(15-41)31(37)28(32(38)26(30)16-42)20-7-5-19(6-8-20)23-12-24-29(35-34(23)44-46-45-35)22-3-1-2-4-27(22)43-33(24)21-10-17(13-39)9-18(11-21)14-40/h1-12H. The van der Waals surface area contributed by atoms with Crippen molar-refractivity contribution in [3.8, 4) is 57.8 Å². The molecule has 0 unspecified atom stereocenters. The maximum atomic E-state index is 15.1. The van der Waals surface area contributed by atoms with Crippen LogP contribution in [0, 0.1) is 62.8 Å². The zero-order valence-electron chi connectivity index (χ0n) is 23.1. The first-order valence-electron chi connectivity index (χ1n) is 13.4. The highest BCUT2D eigenvalue weighted by molar-refractivity contribution is 7.00. The number of pyridine rings is 1. The molecule has 11 heteroatoms. The van der Waals surface area contributed by atoms with Gasteiger partial charge in [-0.2, -0.15) is 29.8 Å². The van der Waals surface area contributed by atoms with E-state index < -0.39 is 34.1 Å². The summed E-state index contributed by atoms with van der Waals surface area (Å²) in [6.45, 7) is 0. The molecule has 0 saturated carbocycles. The number of aromatic nitrogens is 3. The first kappa shape index (κ1) is 28.1. The van der Waals surface area contributed by atoms with E-state index in [1.807, 2.05) is 30.3 Å². The number of para-hydroxylation sites is 1. The van der Waals surface area contributed by atoms with Crippen molar-refractivity contribution in [3.05, 3.63) is 113 Å². The van der Waals surface area contributed by atoms with Gasteiger partial charge in [-0.15, -0.1) is 0 Å². The lowest BCUT2D eigenvalue weighted by Gasteiger charge is -2.14. The predicted octanol–water partition coefficient (Wildman–Crippen LogP) is 8.30. The van der Waals surface area contributed by atoms with Crippen LogP contribution in [0.5, 0.6) is 0 Å². The van der Waals surface area contributed by atoms with Gasteiger partial charge in [-0.25, -0.2) is 18.2 Å². The van der Waals surface area contributed by atoms with E-state index >= 15 is 8.78 Å². The van der Waals surface area contributed by atoms with Crippen LogP contribution < -0.4 is 0 Å². The normalized spacial score (nSPS) is 10.8. The lowest BCUT2D eigenvalue weighted by Crippen LogP contribution is -2.03. The van der Waals surface area contributed by atoms with Gasteiger partial charge in [0.25, 0.3) is 0 Å². The van der Waals surface area contributed by atoms with E-state index in [0.717, 1.165) is 22.5 Å². The summed E-state index contributed by atoms with van der Waals surface area (Å²) in [7, 11) is 0. The molecule has 7 nitrogen and oxygen atoms in total. The largest absolute Gasteiger partial charge is 0.247 e. The molecule has 0 radical (unpaired) electrons. The van der Waals surface area contributed by atoms with Gasteiger partial charge in [0.2, 0.25) is 0 Å². The molecule has 5 aromatic carbocycles. The molecule has 0 spiro atoms. The van der Waals surface area contributed by atoms with Crippen molar-refractivity contribution in [2.45, 2.75) is 0 Å². The number of hydrogen-bond donors (Lipinski definition) is 0. The van der Waals surface area contributed by atoms with Gasteiger partial charge < -0.3 is 0 Å². The number of halogens is 3. The third-order valence-corrected chi connectivity index (χ3v) is 8.22. The Bertz CT molecular complexity index is 2550. The maximum Gasteiger partial charge on any atom is 0.164 e. The Labute approximate surface area is 262 Å². The summed E-state index contributed by atoms with van der Waals surface area (Å²) in [5, 5.41) is 40.1. The smallest absolute Gasteiger partial charge is 0.164 e. The number of fused-ring (bicyclic) bond motifs is 5. The molecule has 0 fully saturated rings. The molecule has 46 heavy (non-hydrogen) atoms. The second kappa shape index (κ2) is 10.8. The van der Waals surface area contributed by atoms with Crippen LogP contribution in [0.25, 0.3) is 66.2 Å². The fraction of sp³-hybridized carbons (Fsp3) is 0. The van der Waals surface area contributed by atoms with Gasteiger partial charge in [-0.1, -0.05) is 42.5 Å². The van der Waals surface area contributed by atoms with E-state index in [-0.39, 0.29) is 5.56 Å². The third kappa shape index (κ3) is 4.20. The second-order valence-electron chi connectivity index (χ2n) is 10.2. The second-order valence-corrected chi connectivity index (χ2v) is 10.7. The van der Waals surface area contributed by atoms with Crippen molar-refractivity contribution in [3.63, 3.8) is 0 Å². The number of hydrogen-bond acceptors (Lipinski definition) is 8. The van der Waals surface area contributed by atoms with Crippen molar-refractivity contribution in [2.75, 3.05) is 0 Å². The molecule has 2 aromatic heterocycles. The monoisotopic (exact) mass is 619 g/mol. The molecular weight excluding hydrogens is 607 g/mol. The fourth-order valence-electron chi connectivity index (χ4n) is 5.63. The Morgan fingerprint density at radius 2 is 1.20 bits per heavy atom. The molecule has 7 rings (SSSR count). The van der Waals surface area contributed by atoms with E-state index in [2.05, 4.69) is 20.9 Å². The average molecular weight is 620 g/mol. The molecule has 2 heterocycles. The van der Waals surface area contributed by atoms with Crippen LogP contribution in [0.15, 0.2) is 72.8 Å². The number of nitrogens with zero attached hydrogens (tertiary/aromatic N) is 7. The fourth-order valence-corrected chi connectivity index (χ4v) is 6.19. The van der Waals surface area contributed by atoms with Gasteiger partial charge in [-0.05, 0) is 41.5 Å². The average Bonchev–Trinajstić information content (AvgIpc) is 3.58. The van der Waals surface area contributed by atoms with E-state index in [0.29, 0.717) is 55.4 Å². The summed E-state index contributed by atoms with van der Waals surface area (Å²) in [6.07, 6.45) is 0. The first-order valence-corrected chi connectivity index (χ1v) is 14.2. The molecule has 0 N–H and O–H groups in total. The van der Waals surface area contributed by atoms with Crippen LogP contribution >= 0.6 is 11.7 Å². The molecule has 0 aliphatic heterocycles. The van der Waals surface area contributed by atoms with Crippen molar-refractivity contribution >= 4 is 44.4 Å². The molecular formula is C35H12F3N7S. The van der Waals surface area contributed by atoms with E-state index in [1.54, 1.807) is 24.3 Å². The topological polar surface area (TPSA) is 134 Å². The highest BCUT2D eigenvalue weighted by Gasteiger charge is 2.26. The minimum Gasteiger partial charge on any atom is -0.247 e.